The van der Waals surface area contributed by atoms with Gasteiger partial charge in [0.15, 0.2) is 0 Å². The highest BCUT2D eigenvalue weighted by atomic mass is 32.2. The lowest BCUT2D eigenvalue weighted by Crippen LogP contribution is -2.49. The molecule has 0 radical (unpaired) electrons. The van der Waals surface area contributed by atoms with Crippen molar-refractivity contribution in [2.75, 3.05) is 22.9 Å². The molecule has 0 aliphatic heterocycles. The van der Waals surface area contributed by atoms with Crippen molar-refractivity contribution in [3.8, 4) is 0 Å². The minimum absolute atomic E-state index is 0.162. The van der Waals surface area contributed by atoms with E-state index in [1.165, 1.54) is 13.1 Å². The van der Waals surface area contributed by atoms with Crippen LogP contribution < -0.4 is 20.7 Å². The third-order valence-electron chi connectivity index (χ3n) is 7.11. The summed E-state index contributed by atoms with van der Waals surface area (Å²) in [5.74, 6) is 1.55. The quantitative estimate of drug-likeness (QED) is 0.374. The van der Waals surface area contributed by atoms with Crippen LogP contribution in [0.15, 0.2) is 42.5 Å². The Morgan fingerprint density at radius 2 is 1.92 bits per heavy atom. The van der Waals surface area contributed by atoms with Crippen molar-refractivity contribution in [3.63, 3.8) is 0 Å². The molecule has 3 rings (SSSR count). The van der Waals surface area contributed by atoms with Crippen molar-refractivity contribution in [1.29, 1.82) is 0 Å². The number of unbranched alkanes of at least 4 members (excludes halogenated alkanes) is 1. The van der Waals surface area contributed by atoms with Gasteiger partial charge in [0.1, 0.15) is 11.6 Å². The van der Waals surface area contributed by atoms with Gasteiger partial charge in [-0.05, 0) is 55.7 Å². The van der Waals surface area contributed by atoms with E-state index >= 15 is 0 Å². The fourth-order valence-electron chi connectivity index (χ4n) is 4.51. The zero-order chi connectivity index (χ0) is 26.5. The molecule has 3 unspecified atom stereocenters. The molecule has 8 nitrogen and oxygen atoms in total. The molecule has 36 heavy (non-hydrogen) atoms. The van der Waals surface area contributed by atoms with Crippen LogP contribution in [-0.4, -0.2) is 50.7 Å². The number of anilines is 2. The van der Waals surface area contributed by atoms with Gasteiger partial charge in [-0.2, -0.15) is 0 Å². The Balaban J connectivity index is 1.88. The van der Waals surface area contributed by atoms with Crippen LogP contribution in [0.1, 0.15) is 62.4 Å². The second-order valence-electron chi connectivity index (χ2n) is 10.2. The van der Waals surface area contributed by atoms with Crippen LogP contribution in [0.3, 0.4) is 0 Å². The summed E-state index contributed by atoms with van der Waals surface area (Å²) in [6.07, 6.45) is 5.67. The Hall–Kier alpha value is -2.65. The number of benzene rings is 1. The molecule has 0 saturated heterocycles. The molecule has 2 aromatic rings. The highest BCUT2D eigenvalue weighted by Gasteiger charge is 2.37. The molecular weight excluding hydrogens is 474 g/mol. The maximum atomic E-state index is 13.5. The predicted molar refractivity (Wildman–Crippen MR) is 147 cm³/mol. The van der Waals surface area contributed by atoms with E-state index in [1.54, 1.807) is 6.07 Å². The monoisotopic (exact) mass is 515 g/mol. The molecule has 0 bridgehead atoms. The fourth-order valence-corrected chi connectivity index (χ4v) is 4.94. The third-order valence-corrected chi connectivity index (χ3v) is 8.29. The summed E-state index contributed by atoms with van der Waals surface area (Å²) in [4.78, 5) is 18.0. The normalized spacial score (nSPS) is 19.7. The van der Waals surface area contributed by atoms with E-state index in [4.69, 9.17) is 5.73 Å². The molecule has 1 saturated carbocycles. The van der Waals surface area contributed by atoms with E-state index in [9.17, 15) is 13.2 Å². The maximum absolute atomic E-state index is 13.5. The number of sulfonamides is 1. The minimum Gasteiger partial charge on any atom is -0.367 e. The number of pyridine rings is 1. The first-order valence-electron chi connectivity index (χ1n) is 12.8. The van der Waals surface area contributed by atoms with Crippen LogP contribution in [-0.2, 0) is 16.4 Å². The zero-order valence-corrected chi connectivity index (χ0v) is 22.9. The number of hydrogen-bond acceptors (Lipinski definition) is 6. The maximum Gasteiger partial charge on any atom is 0.251 e. The van der Waals surface area contributed by atoms with E-state index in [1.807, 2.05) is 30.3 Å². The summed E-state index contributed by atoms with van der Waals surface area (Å²) in [6, 6.07) is 12.9. The Bertz CT molecular complexity index is 1130. The van der Waals surface area contributed by atoms with Crippen molar-refractivity contribution in [2.45, 2.75) is 71.0 Å². The molecule has 1 aromatic heterocycles. The molecule has 0 spiro atoms. The van der Waals surface area contributed by atoms with Crippen molar-refractivity contribution in [1.82, 2.24) is 10.3 Å². The summed E-state index contributed by atoms with van der Waals surface area (Å²) < 4.78 is 25.5. The smallest absolute Gasteiger partial charge is 0.251 e. The highest BCUT2D eigenvalue weighted by Crippen LogP contribution is 2.41. The molecule has 1 aliphatic carbocycles. The predicted octanol–water partition coefficient (Wildman–Crippen LogP) is 3.79. The van der Waals surface area contributed by atoms with Crippen molar-refractivity contribution >= 4 is 27.6 Å². The highest BCUT2D eigenvalue weighted by molar-refractivity contribution is 7.92. The largest absolute Gasteiger partial charge is 0.367 e. The first-order valence-corrected chi connectivity index (χ1v) is 14.7. The lowest BCUT2D eigenvalue weighted by Gasteiger charge is -2.26. The number of nitrogens with zero attached hydrogens (tertiary/aromatic N) is 2. The second kappa shape index (κ2) is 12.1. The minimum atomic E-state index is -3.55. The van der Waals surface area contributed by atoms with E-state index in [-0.39, 0.29) is 29.9 Å². The summed E-state index contributed by atoms with van der Waals surface area (Å²) >= 11 is 0. The van der Waals surface area contributed by atoms with E-state index in [0.29, 0.717) is 29.6 Å². The number of carbonyl (C=O) groups is 1. The summed E-state index contributed by atoms with van der Waals surface area (Å²) in [5, 5.41) is 6.51. The van der Waals surface area contributed by atoms with Crippen molar-refractivity contribution in [3.05, 3.63) is 53.6 Å². The topological polar surface area (TPSA) is 117 Å². The van der Waals surface area contributed by atoms with Crippen LogP contribution in [0.2, 0.25) is 0 Å². The number of carbonyl (C=O) groups excluding carboxylic acids is 1. The molecule has 1 amide bonds. The first-order chi connectivity index (χ1) is 17.0. The van der Waals surface area contributed by atoms with Gasteiger partial charge >= 0.3 is 0 Å². The van der Waals surface area contributed by atoms with Crippen LogP contribution in [0.5, 0.6) is 0 Å². The first kappa shape index (κ1) is 27.9. The van der Waals surface area contributed by atoms with Crippen molar-refractivity contribution in [2.24, 2.45) is 17.6 Å². The standard InChI is InChI=1S/C27H41N5O3S/c1-6-7-13-23(28)24(15-20-11-9-8-10-12-20)30-27(33)21-16-25(29-19(3)22-14-18(22)2)31-26(17-21)32(4)36(5,34)35/h8-12,16-19,22-24H,6-7,13-15,28H2,1-5H3,(H,29,31)(H,30,33)/t18?,19?,22?,23-,24-/m0/s1. The Labute approximate surface area is 216 Å². The number of nitrogens with one attached hydrogen (secondary N) is 2. The number of hydrogen-bond donors (Lipinski definition) is 3. The molecule has 9 heteroatoms. The van der Waals surface area contributed by atoms with E-state index < -0.39 is 10.0 Å². The average molecular weight is 516 g/mol. The van der Waals surface area contributed by atoms with Crippen LogP contribution >= 0.6 is 0 Å². The van der Waals surface area contributed by atoms with Gasteiger partial charge in [-0.3, -0.25) is 9.10 Å². The van der Waals surface area contributed by atoms with Crippen LogP contribution in [0.4, 0.5) is 11.6 Å². The third kappa shape index (κ3) is 7.67. The van der Waals surface area contributed by atoms with E-state index in [0.717, 1.165) is 41.8 Å². The van der Waals surface area contributed by atoms with Gasteiger partial charge in [0.05, 0.1) is 6.26 Å². The number of nitrogens with two attached hydrogens (primary N) is 1. The number of rotatable bonds is 13. The van der Waals surface area contributed by atoms with Gasteiger partial charge in [0.25, 0.3) is 5.91 Å². The molecule has 4 N–H and O–H groups in total. The molecular formula is C27H41N5O3S. The van der Waals surface area contributed by atoms with Gasteiger partial charge < -0.3 is 16.4 Å². The summed E-state index contributed by atoms with van der Waals surface area (Å²) in [6.45, 7) is 6.41. The Morgan fingerprint density at radius 1 is 1.25 bits per heavy atom. The zero-order valence-electron chi connectivity index (χ0n) is 22.1. The van der Waals surface area contributed by atoms with Gasteiger partial charge in [0.2, 0.25) is 10.0 Å². The summed E-state index contributed by atoms with van der Waals surface area (Å²) in [5.41, 5.74) is 7.97. The van der Waals surface area contributed by atoms with Crippen LogP contribution in [0, 0.1) is 11.8 Å². The molecule has 1 aromatic carbocycles. The number of aromatic nitrogens is 1. The Kier molecular flexibility index (Phi) is 9.35. The number of amides is 1. The van der Waals surface area contributed by atoms with Gasteiger partial charge in [-0.15, -0.1) is 0 Å². The fraction of sp³-hybridized carbons (Fsp3) is 0.556. The Morgan fingerprint density at radius 3 is 2.50 bits per heavy atom. The van der Waals surface area contributed by atoms with E-state index in [2.05, 4.69) is 36.4 Å². The molecule has 198 valence electrons. The second-order valence-corrected chi connectivity index (χ2v) is 12.2. The van der Waals surface area contributed by atoms with Gasteiger partial charge in [-0.25, -0.2) is 13.4 Å². The van der Waals surface area contributed by atoms with Gasteiger partial charge in [-0.1, -0.05) is 57.0 Å². The molecule has 5 atom stereocenters. The van der Waals surface area contributed by atoms with Crippen molar-refractivity contribution < 1.29 is 13.2 Å². The summed E-state index contributed by atoms with van der Waals surface area (Å²) in [7, 11) is -2.11. The lowest BCUT2D eigenvalue weighted by atomic mass is 9.95. The SMILES string of the molecule is CCCC[C@H](N)[C@H](Cc1ccccc1)NC(=O)c1cc(NC(C)C2CC2C)nc(N(C)S(C)(=O)=O)c1. The average Bonchev–Trinajstić information content (AvgIpc) is 3.58. The molecule has 1 aliphatic rings. The van der Waals surface area contributed by atoms with Gasteiger partial charge in [0, 0.05) is 30.7 Å². The molecule has 1 fully saturated rings. The molecule has 1 heterocycles. The van der Waals surface area contributed by atoms with Crippen LogP contribution in [0.25, 0.3) is 0 Å². The lowest BCUT2D eigenvalue weighted by molar-refractivity contribution is 0.0929.